The average molecular weight is 699 g/mol. The number of hydrazone groups is 2. The Morgan fingerprint density at radius 2 is 1.13 bits per heavy atom. The predicted molar refractivity (Wildman–Crippen MR) is 188 cm³/mol. The molecule has 0 aliphatic heterocycles. The van der Waals surface area contributed by atoms with Gasteiger partial charge in [0, 0.05) is 16.5 Å². The second-order valence-corrected chi connectivity index (χ2v) is 12.3. The van der Waals surface area contributed by atoms with Crippen molar-refractivity contribution >= 4 is 91.1 Å². The van der Waals surface area contributed by atoms with Gasteiger partial charge in [-0.15, -0.1) is 22.7 Å². The molecule has 16 heteroatoms. The summed E-state index contributed by atoms with van der Waals surface area (Å²) in [7, 11) is 0. The van der Waals surface area contributed by atoms with Gasteiger partial charge in [-0.25, -0.2) is 9.59 Å². The van der Waals surface area contributed by atoms with E-state index in [2.05, 4.69) is 21.1 Å². The fraction of sp³-hybridized carbons (Fsp3) is 0.200. The van der Waals surface area contributed by atoms with Gasteiger partial charge < -0.3 is 30.4 Å². The molecule has 6 N–H and O–H groups in total. The second-order valence-electron chi connectivity index (χ2n) is 9.11. The van der Waals surface area contributed by atoms with E-state index in [1.54, 1.807) is 74.8 Å². The number of thiocarbonyl (C=S) groups is 2. The van der Waals surface area contributed by atoms with Crippen LogP contribution in [0.3, 0.4) is 0 Å². The number of fused-ring (bicyclic) bond motifs is 1. The zero-order valence-electron chi connectivity index (χ0n) is 24.7. The number of rotatable bonds is 14. The first-order valence-electron chi connectivity index (χ1n) is 13.7. The van der Waals surface area contributed by atoms with Crippen LogP contribution in [0.4, 0.5) is 0 Å². The van der Waals surface area contributed by atoms with Gasteiger partial charge in [0.2, 0.25) is 0 Å². The maximum Gasteiger partial charge on any atom is 0.348 e. The largest absolute Gasteiger partial charge is 0.489 e. The maximum absolute atomic E-state index is 13.0. The van der Waals surface area contributed by atoms with Crippen LogP contribution in [0.5, 0.6) is 11.5 Å². The number of hydrogen-bond acceptors (Lipinski definition) is 12. The predicted octanol–water partition coefficient (Wildman–Crippen LogP) is 4.81. The molecule has 0 aliphatic carbocycles. The van der Waals surface area contributed by atoms with E-state index < -0.39 is 11.9 Å². The van der Waals surface area contributed by atoms with Crippen molar-refractivity contribution in [2.45, 2.75) is 27.1 Å². The highest BCUT2D eigenvalue weighted by Crippen LogP contribution is 2.43. The molecule has 0 unspecified atom stereocenters. The molecule has 0 aliphatic rings. The third-order valence-electron chi connectivity index (χ3n) is 5.97. The Morgan fingerprint density at radius 3 is 1.48 bits per heavy atom. The lowest BCUT2D eigenvalue weighted by molar-refractivity contribution is 0.0520. The second kappa shape index (κ2) is 16.6. The van der Waals surface area contributed by atoms with E-state index in [1.807, 2.05) is 0 Å². The topological polar surface area (TPSA) is 172 Å². The van der Waals surface area contributed by atoms with Crippen LogP contribution in [-0.4, -0.2) is 47.8 Å². The van der Waals surface area contributed by atoms with E-state index in [4.69, 9.17) is 54.9 Å². The molecular weight excluding hydrogens is 669 g/mol. The van der Waals surface area contributed by atoms with Crippen LogP contribution in [-0.2, 0) is 22.7 Å². The summed E-state index contributed by atoms with van der Waals surface area (Å²) in [5.41, 5.74) is 18.5. The zero-order chi connectivity index (χ0) is 33.1. The molecule has 12 nitrogen and oxygen atoms in total. The molecule has 4 rings (SSSR count). The molecule has 0 fully saturated rings. The van der Waals surface area contributed by atoms with Crippen molar-refractivity contribution in [2.75, 3.05) is 13.2 Å². The quantitative estimate of drug-likeness (QED) is 0.0614. The first-order valence-corrected chi connectivity index (χ1v) is 16.2. The monoisotopic (exact) mass is 698 g/mol. The number of nitrogens with two attached hydrogens (primary N) is 2. The Kier molecular flexibility index (Phi) is 12.4. The van der Waals surface area contributed by atoms with Crippen molar-refractivity contribution in [3.05, 3.63) is 80.5 Å². The van der Waals surface area contributed by atoms with E-state index in [1.165, 1.54) is 22.7 Å². The summed E-state index contributed by atoms with van der Waals surface area (Å²) in [5, 5.41) is 8.70. The van der Waals surface area contributed by atoms with Gasteiger partial charge in [0.15, 0.2) is 10.2 Å². The van der Waals surface area contributed by atoms with Crippen molar-refractivity contribution in [3.8, 4) is 11.5 Å². The minimum atomic E-state index is -0.474. The highest BCUT2D eigenvalue weighted by Gasteiger charge is 2.29. The van der Waals surface area contributed by atoms with Gasteiger partial charge in [-0.2, -0.15) is 10.2 Å². The molecular formula is C30H30N6O6S4. The van der Waals surface area contributed by atoms with E-state index in [0.717, 1.165) is 15.1 Å². The van der Waals surface area contributed by atoms with Crippen LogP contribution in [0.2, 0.25) is 0 Å². The summed E-state index contributed by atoms with van der Waals surface area (Å²) in [6.07, 6.45) is 3.13. The van der Waals surface area contributed by atoms with E-state index >= 15 is 0 Å². The summed E-state index contributed by atoms with van der Waals surface area (Å²) in [4.78, 5) is 26.9. The normalized spacial score (nSPS) is 11.1. The molecule has 240 valence electrons. The molecule has 0 bridgehead atoms. The fourth-order valence-corrected chi connectivity index (χ4v) is 6.73. The van der Waals surface area contributed by atoms with Crippen molar-refractivity contribution in [1.82, 2.24) is 10.9 Å². The summed E-state index contributed by atoms with van der Waals surface area (Å²) in [6, 6.07) is 14.3. The van der Waals surface area contributed by atoms with Crippen LogP contribution >= 0.6 is 47.1 Å². The van der Waals surface area contributed by atoms with Crippen LogP contribution in [0.1, 0.15) is 55.4 Å². The minimum absolute atomic E-state index is 0.0326. The van der Waals surface area contributed by atoms with Crippen LogP contribution in [0.15, 0.2) is 58.7 Å². The molecule has 0 amide bonds. The number of carbonyl (C=O) groups excluding carboxylic acids is 2. The number of hydrogen-bond donors (Lipinski definition) is 4. The molecule has 0 radical (unpaired) electrons. The third kappa shape index (κ3) is 9.20. The average Bonchev–Trinajstić information content (AvgIpc) is 3.57. The fourth-order valence-electron chi connectivity index (χ4n) is 4.04. The van der Waals surface area contributed by atoms with E-state index in [-0.39, 0.29) is 36.7 Å². The van der Waals surface area contributed by atoms with Gasteiger partial charge in [0.05, 0.1) is 29.7 Å². The first-order chi connectivity index (χ1) is 22.2. The van der Waals surface area contributed by atoms with Crippen LogP contribution in [0.25, 0.3) is 9.40 Å². The van der Waals surface area contributed by atoms with Gasteiger partial charge in [0.1, 0.15) is 34.5 Å². The smallest absolute Gasteiger partial charge is 0.348 e. The number of thiophene rings is 2. The summed E-state index contributed by atoms with van der Waals surface area (Å²) in [6.45, 7) is 3.96. The number of carbonyl (C=O) groups is 2. The Labute approximate surface area is 283 Å². The number of nitrogens with zero attached hydrogens (tertiary/aromatic N) is 2. The maximum atomic E-state index is 13.0. The first kappa shape index (κ1) is 34.2. The molecule has 4 aromatic rings. The molecule has 0 saturated carbocycles. The SMILES string of the molecule is CCOC(=O)c1sc2sc(C(=O)OCC)c(COc3ccc(/C=N/NC(N)=S)cc3)c2c1COc1ccc(/C=N/NC(N)=S)cc1. The van der Waals surface area contributed by atoms with Crippen molar-refractivity contribution < 1.29 is 28.5 Å². The van der Waals surface area contributed by atoms with Crippen LogP contribution in [0, 0.1) is 0 Å². The number of benzene rings is 2. The van der Waals surface area contributed by atoms with Crippen molar-refractivity contribution in [3.63, 3.8) is 0 Å². The number of ether oxygens (including phenoxy) is 4. The van der Waals surface area contributed by atoms with Crippen molar-refractivity contribution in [2.24, 2.45) is 21.7 Å². The van der Waals surface area contributed by atoms with Gasteiger partial charge >= 0.3 is 11.9 Å². The van der Waals surface area contributed by atoms with E-state index in [0.29, 0.717) is 37.8 Å². The Bertz CT molecular complexity index is 1640. The molecule has 0 atom stereocenters. The molecule has 2 aromatic carbocycles. The molecule has 2 heterocycles. The standard InChI is InChI=1S/C30H30N6O6S4/c1-3-39-26(37)24-21(15-41-19-9-5-17(6-10-19)13-33-35-29(31)43)23-22(25(27(38)40-4-2)46-28(23)45-24)16-42-20-11-7-18(8-12-20)14-34-36-30(32)44/h5-14H,3-4,15-16H2,1-2H3,(H3,31,35,43)(H3,32,36,44)/b33-13+,34-14+. The molecule has 2 aromatic heterocycles. The minimum Gasteiger partial charge on any atom is -0.489 e. The van der Waals surface area contributed by atoms with Gasteiger partial charge in [-0.05, 0) is 97.9 Å². The Balaban J connectivity index is 1.65. The molecule has 0 saturated heterocycles. The van der Waals surface area contributed by atoms with Gasteiger partial charge in [0.25, 0.3) is 0 Å². The van der Waals surface area contributed by atoms with Gasteiger partial charge in [-0.3, -0.25) is 10.9 Å². The summed E-state index contributed by atoms with van der Waals surface area (Å²) in [5.74, 6) is 0.162. The number of nitrogens with one attached hydrogen (secondary N) is 2. The lowest BCUT2D eigenvalue weighted by atomic mass is 10.1. The van der Waals surface area contributed by atoms with Crippen molar-refractivity contribution in [1.29, 1.82) is 0 Å². The Morgan fingerprint density at radius 1 is 0.739 bits per heavy atom. The van der Waals surface area contributed by atoms with Crippen LogP contribution < -0.4 is 31.8 Å². The highest BCUT2D eigenvalue weighted by molar-refractivity contribution is 7.80. The summed E-state index contributed by atoms with van der Waals surface area (Å²) < 4.78 is 23.7. The lowest BCUT2D eigenvalue weighted by Gasteiger charge is -2.11. The Hall–Kier alpha value is -4.64. The molecule has 46 heavy (non-hydrogen) atoms. The molecule has 0 spiro atoms. The zero-order valence-corrected chi connectivity index (χ0v) is 28.0. The summed E-state index contributed by atoms with van der Waals surface area (Å²) >= 11 is 12.0. The van der Waals surface area contributed by atoms with Gasteiger partial charge in [-0.1, -0.05) is 0 Å². The highest BCUT2D eigenvalue weighted by atomic mass is 32.2. The third-order valence-corrected chi connectivity index (χ3v) is 8.67. The number of esters is 2. The lowest BCUT2D eigenvalue weighted by Crippen LogP contribution is -2.23. The van der Waals surface area contributed by atoms with E-state index in [9.17, 15) is 9.59 Å².